The van der Waals surface area contributed by atoms with Crippen molar-refractivity contribution in [1.29, 1.82) is 0 Å². The molecule has 0 unspecified atom stereocenters. The molecule has 1 rings (SSSR count). The first-order chi connectivity index (χ1) is 11.2. The Morgan fingerprint density at radius 3 is 2.54 bits per heavy atom. The summed E-state index contributed by atoms with van der Waals surface area (Å²) < 4.78 is 28.6. The molecule has 134 valence electrons. The summed E-state index contributed by atoms with van der Waals surface area (Å²) in [7, 11) is 0. The van der Waals surface area contributed by atoms with Gasteiger partial charge in [-0.3, -0.25) is 0 Å². The molecule has 0 spiro atoms. The average Bonchev–Trinajstić information content (AvgIpc) is 2.45. The Balaban J connectivity index is 2.21. The van der Waals surface area contributed by atoms with Crippen LogP contribution in [0.3, 0.4) is 0 Å². The van der Waals surface area contributed by atoms with Crippen LogP contribution in [0, 0.1) is 5.82 Å². The van der Waals surface area contributed by atoms with Crippen LogP contribution in [0.5, 0.6) is 5.75 Å². The number of halogens is 1. The van der Waals surface area contributed by atoms with E-state index in [0.717, 1.165) is 12.1 Å². The van der Waals surface area contributed by atoms with Gasteiger partial charge in [0.25, 0.3) is 0 Å². The fourth-order valence-corrected chi connectivity index (χ4v) is 1.65. The van der Waals surface area contributed by atoms with E-state index in [0.29, 0.717) is 0 Å². The Morgan fingerprint density at radius 2 is 1.92 bits per heavy atom. The zero-order chi connectivity index (χ0) is 18.2. The van der Waals surface area contributed by atoms with E-state index in [1.165, 1.54) is 6.07 Å². The molecule has 0 fully saturated rings. The van der Waals surface area contributed by atoms with Crippen LogP contribution in [0.4, 0.5) is 9.18 Å². The summed E-state index contributed by atoms with van der Waals surface area (Å²) >= 11 is 0. The van der Waals surface area contributed by atoms with Gasteiger partial charge >= 0.3 is 12.1 Å². The van der Waals surface area contributed by atoms with Crippen LogP contribution in [-0.2, 0) is 9.47 Å². The van der Waals surface area contributed by atoms with Crippen molar-refractivity contribution in [3.05, 3.63) is 29.6 Å². The van der Waals surface area contributed by atoms with Crippen molar-refractivity contribution in [1.82, 2.24) is 5.32 Å². The van der Waals surface area contributed by atoms with E-state index < -0.39 is 23.5 Å². The van der Waals surface area contributed by atoms with Gasteiger partial charge in [-0.2, -0.15) is 0 Å². The number of hydrogen-bond donors (Lipinski definition) is 2. The highest BCUT2D eigenvalue weighted by Crippen LogP contribution is 2.19. The summed E-state index contributed by atoms with van der Waals surface area (Å²) in [5.74, 6) is -1.85. The second-order valence-electron chi connectivity index (χ2n) is 5.84. The number of nitrogens with one attached hydrogen (secondary N) is 1. The number of hydrogen-bond acceptors (Lipinski definition) is 5. The zero-order valence-electron chi connectivity index (χ0n) is 13.9. The third-order valence-corrected chi connectivity index (χ3v) is 2.57. The van der Waals surface area contributed by atoms with Gasteiger partial charge in [-0.25, -0.2) is 14.0 Å². The molecular weight excluding hydrogens is 321 g/mol. The number of benzene rings is 1. The van der Waals surface area contributed by atoms with Crippen LogP contribution in [0.15, 0.2) is 18.2 Å². The van der Waals surface area contributed by atoms with Crippen LogP contribution in [-0.4, -0.2) is 49.1 Å². The fourth-order valence-electron chi connectivity index (χ4n) is 1.65. The molecule has 0 aliphatic heterocycles. The molecule has 0 bridgehead atoms. The highest BCUT2D eigenvalue weighted by Gasteiger charge is 2.15. The molecule has 0 atom stereocenters. The number of rotatable bonds is 8. The lowest BCUT2D eigenvalue weighted by Crippen LogP contribution is -2.34. The zero-order valence-corrected chi connectivity index (χ0v) is 13.9. The van der Waals surface area contributed by atoms with Gasteiger partial charge in [0, 0.05) is 6.54 Å². The Morgan fingerprint density at radius 1 is 1.21 bits per heavy atom. The lowest BCUT2D eigenvalue weighted by molar-refractivity contribution is 0.0489. The fraction of sp³-hybridized carbons (Fsp3) is 0.500. The van der Waals surface area contributed by atoms with Gasteiger partial charge < -0.3 is 24.6 Å². The first-order valence-electron chi connectivity index (χ1n) is 7.39. The summed E-state index contributed by atoms with van der Waals surface area (Å²) in [6.07, 6.45) is -0.528. The number of ether oxygens (including phenoxy) is 3. The van der Waals surface area contributed by atoms with Crippen molar-refractivity contribution in [2.45, 2.75) is 26.4 Å². The van der Waals surface area contributed by atoms with Gasteiger partial charge in [0.2, 0.25) is 0 Å². The number of carbonyl (C=O) groups is 2. The van der Waals surface area contributed by atoms with Crippen molar-refractivity contribution < 1.29 is 33.3 Å². The highest BCUT2D eigenvalue weighted by molar-refractivity contribution is 5.90. The minimum atomic E-state index is -1.27. The van der Waals surface area contributed by atoms with Gasteiger partial charge in [0.1, 0.15) is 29.3 Å². The number of amides is 1. The number of carboxylic acids is 1. The molecule has 0 saturated heterocycles. The van der Waals surface area contributed by atoms with Crippen molar-refractivity contribution in [3.8, 4) is 5.75 Å². The molecule has 0 aliphatic carbocycles. The summed E-state index contributed by atoms with van der Waals surface area (Å²) in [4.78, 5) is 22.3. The molecule has 1 aromatic rings. The van der Waals surface area contributed by atoms with Gasteiger partial charge in [-0.1, -0.05) is 0 Å². The topological polar surface area (TPSA) is 94.1 Å². The first-order valence-corrected chi connectivity index (χ1v) is 7.39. The number of carbonyl (C=O) groups excluding carboxylic acids is 1. The van der Waals surface area contributed by atoms with Gasteiger partial charge in [0.05, 0.1) is 13.2 Å². The Hall–Kier alpha value is -2.35. The number of alkyl carbamates (subject to hydrolysis) is 1. The van der Waals surface area contributed by atoms with Crippen LogP contribution in [0.25, 0.3) is 0 Å². The molecule has 1 aromatic carbocycles. The smallest absolute Gasteiger partial charge is 0.407 e. The van der Waals surface area contributed by atoms with Crippen molar-refractivity contribution in [2.24, 2.45) is 0 Å². The predicted octanol–water partition coefficient (Wildman–Crippen LogP) is 2.44. The van der Waals surface area contributed by atoms with Gasteiger partial charge in [-0.15, -0.1) is 0 Å². The molecule has 0 radical (unpaired) electrons. The molecule has 2 N–H and O–H groups in total. The molecule has 24 heavy (non-hydrogen) atoms. The second kappa shape index (κ2) is 9.07. The highest BCUT2D eigenvalue weighted by atomic mass is 19.1. The number of aromatic carboxylic acids is 1. The molecule has 8 heteroatoms. The molecule has 0 saturated carbocycles. The van der Waals surface area contributed by atoms with E-state index >= 15 is 0 Å². The summed E-state index contributed by atoms with van der Waals surface area (Å²) in [5, 5.41) is 11.5. The SMILES string of the molecule is CC(C)(C)OC(=O)NCCOCCOc1ccc(F)cc1C(=O)O. The van der Waals surface area contributed by atoms with E-state index in [9.17, 15) is 14.0 Å². The maximum Gasteiger partial charge on any atom is 0.407 e. The van der Waals surface area contributed by atoms with Crippen LogP contribution in [0.1, 0.15) is 31.1 Å². The third kappa shape index (κ3) is 7.77. The average molecular weight is 343 g/mol. The molecular formula is C16H22FNO6. The number of carboxylic acid groups (broad SMARTS) is 1. The summed E-state index contributed by atoms with van der Waals surface area (Å²) in [6, 6.07) is 3.26. The standard InChI is InChI=1S/C16H22FNO6/c1-16(2,3)24-15(21)18-6-7-22-8-9-23-13-5-4-11(17)10-12(13)14(19)20/h4-5,10H,6-9H2,1-3H3,(H,18,21)(H,19,20). The monoisotopic (exact) mass is 343 g/mol. The molecule has 1 amide bonds. The molecule has 0 aromatic heterocycles. The van der Waals surface area contributed by atoms with E-state index in [1.54, 1.807) is 20.8 Å². The van der Waals surface area contributed by atoms with Crippen molar-refractivity contribution in [3.63, 3.8) is 0 Å². The maximum absolute atomic E-state index is 13.0. The van der Waals surface area contributed by atoms with Crippen LogP contribution < -0.4 is 10.1 Å². The quantitative estimate of drug-likeness (QED) is 0.704. The second-order valence-corrected chi connectivity index (χ2v) is 5.84. The molecule has 0 aliphatic rings. The van der Waals surface area contributed by atoms with Crippen LogP contribution >= 0.6 is 0 Å². The van der Waals surface area contributed by atoms with E-state index in [2.05, 4.69) is 5.32 Å². The van der Waals surface area contributed by atoms with Crippen molar-refractivity contribution in [2.75, 3.05) is 26.4 Å². The summed E-state index contributed by atoms with van der Waals surface area (Å²) in [6.45, 7) is 6.10. The van der Waals surface area contributed by atoms with Crippen molar-refractivity contribution >= 4 is 12.1 Å². The largest absolute Gasteiger partial charge is 0.490 e. The van der Waals surface area contributed by atoms with E-state index in [-0.39, 0.29) is 37.7 Å². The lowest BCUT2D eigenvalue weighted by Gasteiger charge is -2.19. The Kier molecular flexibility index (Phi) is 7.44. The molecule has 0 heterocycles. The van der Waals surface area contributed by atoms with Crippen LogP contribution in [0.2, 0.25) is 0 Å². The van der Waals surface area contributed by atoms with Gasteiger partial charge in [-0.05, 0) is 39.0 Å². The van der Waals surface area contributed by atoms with E-state index in [1.807, 2.05) is 0 Å². The summed E-state index contributed by atoms with van der Waals surface area (Å²) in [5.41, 5.74) is -0.808. The predicted molar refractivity (Wildman–Crippen MR) is 83.9 cm³/mol. The third-order valence-electron chi connectivity index (χ3n) is 2.57. The maximum atomic E-state index is 13.0. The minimum absolute atomic E-state index is 0.0689. The lowest BCUT2D eigenvalue weighted by atomic mass is 10.2. The molecule has 7 nitrogen and oxygen atoms in total. The van der Waals surface area contributed by atoms with Gasteiger partial charge in [0.15, 0.2) is 0 Å². The Labute approximate surface area is 139 Å². The minimum Gasteiger partial charge on any atom is -0.490 e. The first kappa shape index (κ1) is 19.7. The Bertz CT molecular complexity index is 570. The normalized spacial score (nSPS) is 11.0. The van der Waals surface area contributed by atoms with E-state index in [4.69, 9.17) is 19.3 Å².